The maximum absolute atomic E-state index is 13.0. The normalized spacial score (nSPS) is 11.2. The number of amides is 1. The molecule has 1 aromatic heterocycles. The Hall–Kier alpha value is -2.70. The van der Waals surface area contributed by atoms with Gasteiger partial charge >= 0.3 is 0 Å². The Balaban J connectivity index is 2.03. The maximum atomic E-state index is 13.0. The van der Waals surface area contributed by atoms with Crippen LogP contribution in [0, 0.1) is 5.82 Å². The highest BCUT2D eigenvalue weighted by atomic mass is 19.1. The van der Waals surface area contributed by atoms with Gasteiger partial charge in [-0.05, 0) is 12.1 Å². The number of aromatic hydroxyl groups is 1. The first-order valence-electron chi connectivity index (χ1n) is 6.26. The maximum Gasteiger partial charge on any atom is 0.248 e. The van der Waals surface area contributed by atoms with Crippen LogP contribution in [0.4, 0.5) is 10.1 Å². The zero-order valence-corrected chi connectivity index (χ0v) is 11.5. The van der Waals surface area contributed by atoms with E-state index < -0.39 is 11.7 Å². The fourth-order valence-electron chi connectivity index (χ4n) is 1.48. The second kappa shape index (κ2) is 6.17. The fourth-order valence-corrected chi connectivity index (χ4v) is 1.48. The van der Waals surface area contributed by atoms with Crippen LogP contribution in [0.15, 0.2) is 28.7 Å². The number of nitrogens with one attached hydrogen (secondary N) is 1. The number of halogens is 1. The number of benzene rings is 1. The summed E-state index contributed by atoms with van der Waals surface area (Å²) in [5, 5.41) is 19.4. The molecule has 0 fully saturated rings. The molecule has 2 aromatic rings. The van der Waals surface area contributed by atoms with E-state index in [9.17, 15) is 14.3 Å². The van der Waals surface area contributed by atoms with Crippen LogP contribution in [-0.4, -0.2) is 21.2 Å². The third kappa shape index (κ3) is 3.88. The topological polar surface area (TPSA) is 88.2 Å². The van der Waals surface area contributed by atoms with E-state index in [1.807, 2.05) is 13.8 Å². The fraction of sp³-hybridized carbons (Fsp3) is 0.214. The van der Waals surface area contributed by atoms with Crippen LogP contribution in [0.5, 0.6) is 5.75 Å². The minimum Gasteiger partial charge on any atom is -0.506 e. The monoisotopic (exact) mass is 291 g/mol. The number of carbonyl (C=O) groups excluding carboxylic acids is 1. The Morgan fingerprint density at radius 3 is 2.86 bits per heavy atom. The zero-order valence-electron chi connectivity index (χ0n) is 11.5. The van der Waals surface area contributed by atoms with Crippen molar-refractivity contribution in [2.45, 2.75) is 19.8 Å². The number of anilines is 1. The Labute approximate surface area is 120 Å². The summed E-state index contributed by atoms with van der Waals surface area (Å²) in [6.07, 6.45) is 2.49. The van der Waals surface area contributed by atoms with Gasteiger partial charge in [-0.25, -0.2) is 4.39 Å². The standard InChI is InChI=1S/C14H14FN3O3/c1-8(2)14-18-17-13(21-14)6-5-12(20)16-10-7-9(15)3-4-11(10)19/h3-8,19H,1-2H3,(H,16,20). The van der Waals surface area contributed by atoms with Crippen LogP contribution in [0.25, 0.3) is 6.08 Å². The van der Waals surface area contributed by atoms with E-state index in [0.29, 0.717) is 5.89 Å². The van der Waals surface area contributed by atoms with E-state index in [-0.39, 0.29) is 23.2 Å². The lowest BCUT2D eigenvalue weighted by molar-refractivity contribution is -0.111. The summed E-state index contributed by atoms with van der Waals surface area (Å²) in [4.78, 5) is 11.7. The number of nitrogens with zero attached hydrogens (tertiary/aromatic N) is 2. The van der Waals surface area contributed by atoms with Crippen LogP contribution in [0.1, 0.15) is 31.5 Å². The Bertz CT molecular complexity index is 680. The van der Waals surface area contributed by atoms with Gasteiger partial charge in [-0.15, -0.1) is 10.2 Å². The first-order valence-corrected chi connectivity index (χ1v) is 6.26. The zero-order chi connectivity index (χ0) is 15.4. The number of rotatable bonds is 4. The average Bonchev–Trinajstić information content (AvgIpc) is 2.90. The average molecular weight is 291 g/mol. The highest BCUT2D eigenvalue weighted by Gasteiger charge is 2.08. The number of phenolic OH excluding ortho intramolecular Hbond substituents is 1. The number of carbonyl (C=O) groups is 1. The Kier molecular flexibility index (Phi) is 4.32. The molecule has 1 aromatic carbocycles. The third-order valence-electron chi connectivity index (χ3n) is 2.54. The van der Waals surface area contributed by atoms with Crippen molar-refractivity contribution in [2.24, 2.45) is 0 Å². The smallest absolute Gasteiger partial charge is 0.248 e. The van der Waals surface area contributed by atoms with Gasteiger partial charge in [0, 0.05) is 24.1 Å². The number of hydrogen-bond donors (Lipinski definition) is 2. The van der Waals surface area contributed by atoms with E-state index in [1.54, 1.807) is 0 Å². The van der Waals surface area contributed by atoms with Gasteiger partial charge in [0.1, 0.15) is 11.6 Å². The molecule has 0 spiro atoms. The minimum absolute atomic E-state index is 0.0157. The SMILES string of the molecule is CC(C)c1nnc(C=CC(=O)Nc2cc(F)ccc2O)o1. The molecule has 0 atom stereocenters. The van der Waals surface area contributed by atoms with Crippen molar-refractivity contribution >= 4 is 17.7 Å². The summed E-state index contributed by atoms with van der Waals surface area (Å²) in [5.41, 5.74) is -0.0157. The van der Waals surface area contributed by atoms with Crippen LogP contribution < -0.4 is 5.32 Å². The van der Waals surface area contributed by atoms with Gasteiger partial charge in [-0.2, -0.15) is 0 Å². The lowest BCUT2D eigenvalue weighted by atomic mass is 10.2. The van der Waals surface area contributed by atoms with Gasteiger partial charge in [-0.3, -0.25) is 4.79 Å². The lowest BCUT2D eigenvalue weighted by Gasteiger charge is -2.04. The molecule has 0 saturated heterocycles. The molecular formula is C14H14FN3O3. The molecule has 7 heteroatoms. The predicted octanol–water partition coefficient (Wildman–Crippen LogP) is 2.69. The Morgan fingerprint density at radius 1 is 1.43 bits per heavy atom. The first-order chi connectivity index (χ1) is 9.95. The van der Waals surface area contributed by atoms with Gasteiger partial charge in [0.15, 0.2) is 0 Å². The van der Waals surface area contributed by atoms with Gasteiger partial charge in [0.25, 0.3) is 0 Å². The molecule has 21 heavy (non-hydrogen) atoms. The van der Waals surface area contributed by atoms with Gasteiger partial charge in [-0.1, -0.05) is 13.8 Å². The third-order valence-corrected chi connectivity index (χ3v) is 2.54. The molecular weight excluding hydrogens is 277 g/mol. The van der Waals surface area contributed by atoms with Crippen molar-refractivity contribution in [3.63, 3.8) is 0 Å². The molecule has 2 N–H and O–H groups in total. The first kappa shape index (κ1) is 14.7. The molecule has 0 aliphatic rings. The summed E-state index contributed by atoms with van der Waals surface area (Å²) in [6, 6.07) is 3.26. The van der Waals surface area contributed by atoms with E-state index in [1.165, 1.54) is 6.08 Å². The second-order valence-electron chi connectivity index (χ2n) is 4.62. The van der Waals surface area contributed by atoms with E-state index in [0.717, 1.165) is 24.3 Å². The molecule has 0 aliphatic heterocycles. The number of phenols is 1. The molecule has 0 aliphatic carbocycles. The second-order valence-corrected chi connectivity index (χ2v) is 4.62. The Morgan fingerprint density at radius 2 is 2.19 bits per heavy atom. The summed E-state index contributed by atoms with van der Waals surface area (Å²) in [6.45, 7) is 3.81. The molecule has 0 bridgehead atoms. The molecule has 0 radical (unpaired) electrons. The lowest BCUT2D eigenvalue weighted by Crippen LogP contribution is -2.08. The largest absolute Gasteiger partial charge is 0.506 e. The van der Waals surface area contributed by atoms with Crippen molar-refractivity contribution in [3.8, 4) is 5.75 Å². The molecule has 0 saturated carbocycles. The number of aromatic nitrogens is 2. The molecule has 110 valence electrons. The van der Waals surface area contributed by atoms with Crippen molar-refractivity contribution in [1.29, 1.82) is 0 Å². The quantitative estimate of drug-likeness (QED) is 0.668. The van der Waals surface area contributed by atoms with Crippen LogP contribution >= 0.6 is 0 Å². The highest BCUT2D eigenvalue weighted by molar-refractivity contribution is 6.02. The van der Waals surface area contributed by atoms with Gasteiger partial charge < -0.3 is 14.8 Å². The van der Waals surface area contributed by atoms with Crippen LogP contribution in [0.3, 0.4) is 0 Å². The van der Waals surface area contributed by atoms with Gasteiger partial charge in [0.05, 0.1) is 5.69 Å². The van der Waals surface area contributed by atoms with Crippen LogP contribution in [0.2, 0.25) is 0 Å². The highest BCUT2D eigenvalue weighted by Crippen LogP contribution is 2.23. The molecule has 2 rings (SSSR count). The summed E-state index contributed by atoms with van der Waals surface area (Å²) >= 11 is 0. The summed E-state index contributed by atoms with van der Waals surface area (Å²) < 4.78 is 18.3. The van der Waals surface area contributed by atoms with E-state index >= 15 is 0 Å². The van der Waals surface area contributed by atoms with Crippen molar-refractivity contribution in [2.75, 3.05) is 5.32 Å². The van der Waals surface area contributed by atoms with Crippen molar-refractivity contribution in [1.82, 2.24) is 10.2 Å². The predicted molar refractivity (Wildman–Crippen MR) is 74.1 cm³/mol. The van der Waals surface area contributed by atoms with Crippen molar-refractivity contribution < 1.29 is 18.7 Å². The minimum atomic E-state index is -0.564. The molecule has 1 heterocycles. The van der Waals surface area contributed by atoms with E-state index in [4.69, 9.17) is 4.42 Å². The van der Waals surface area contributed by atoms with Crippen molar-refractivity contribution in [3.05, 3.63) is 41.9 Å². The molecule has 6 nitrogen and oxygen atoms in total. The van der Waals surface area contributed by atoms with Gasteiger partial charge in [0.2, 0.25) is 17.7 Å². The number of hydrogen-bond acceptors (Lipinski definition) is 5. The summed E-state index contributed by atoms with van der Waals surface area (Å²) in [5.74, 6) is -0.586. The molecule has 1 amide bonds. The summed E-state index contributed by atoms with van der Waals surface area (Å²) in [7, 11) is 0. The van der Waals surface area contributed by atoms with Crippen LogP contribution in [-0.2, 0) is 4.79 Å². The molecule has 0 unspecified atom stereocenters. The van der Waals surface area contributed by atoms with E-state index in [2.05, 4.69) is 15.5 Å².